The van der Waals surface area contributed by atoms with Crippen LogP contribution in [0.5, 0.6) is 0 Å². The Morgan fingerprint density at radius 3 is 2.53 bits per heavy atom. The van der Waals surface area contributed by atoms with Gasteiger partial charge in [0.25, 0.3) is 5.91 Å². The molecule has 158 valence electrons. The molecular weight excluding hydrogens is 404 g/mol. The van der Waals surface area contributed by atoms with Gasteiger partial charge in [-0.1, -0.05) is 30.3 Å². The first-order valence-electron chi connectivity index (χ1n) is 9.76. The molecule has 0 saturated carbocycles. The predicted octanol–water partition coefficient (Wildman–Crippen LogP) is 1.50. The van der Waals surface area contributed by atoms with E-state index in [1.165, 1.54) is 4.40 Å². The van der Waals surface area contributed by atoms with Crippen LogP contribution in [0.3, 0.4) is 0 Å². The minimum absolute atomic E-state index is 0.0988. The summed E-state index contributed by atoms with van der Waals surface area (Å²) in [6, 6.07) is 13.1. The second-order valence-electron chi connectivity index (χ2n) is 7.31. The van der Waals surface area contributed by atoms with Gasteiger partial charge >= 0.3 is 0 Å². The van der Waals surface area contributed by atoms with Gasteiger partial charge in [-0.2, -0.15) is 0 Å². The predicted molar refractivity (Wildman–Crippen MR) is 112 cm³/mol. The number of rotatable bonds is 6. The molecule has 1 aliphatic rings. The number of morpholine rings is 1. The monoisotopic (exact) mass is 428 g/mol. The fourth-order valence-electron chi connectivity index (χ4n) is 3.58. The van der Waals surface area contributed by atoms with E-state index in [0.717, 1.165) is 50.2 Å². The number of carbonyl (C=O) groups excluding carboxylic acids is 1. The van der Waals surface area contributed by atoms with E-state index >= 15 is 0 Å². The first-order valence-corrected chi connectivity index (χ1v) is 11.6. The molecule has 1 aromatic carbocycles. The van der Waals surface area contributed by atoms with Gasteiger partial charge < -0.3 is 10.1 Å². The third-order valence-corrected chi connectivity index (χ3v) is 6.07. The molecule has 4 rings (SSSR count). The van der Waals surface area contributed by atoms with Crippen molar-refractivity contribution in [2.45, 2.75) is 18.2 Å². The van der Waals surface area contributed by atoms with E-state index in [4.69, 9.17) is 4.74 Å². The molecule has 3 heterocycles. The smallest absolute Gasteiger partial charge is 0.272 e. The number of pyridine rings is 1. The number of sulfone groups is 1. The van der Waals surface area contributed by atoms with Crippen molar-refractivity contribution in [2.24, 2.45) is 0 Å². The third kappa shape index (κ3) is 4.38. The largest absolute Gasteiger partial charge is 0.379 e. The average molecular weight is 429 g/mol. The van der Waals surface area contributed by atoms with Crippen LogP contribution in [0.1, 0.15) is 21.6 Å². The molecule has 0 bridgehead atoms. The summed E-state index contributed by atoms with van der Waals surface area (Å²) in [5.74, 6) is -0.408. The maximum atomic E-state index is 12.9. The molecule has 1 saturated heterocycles. The summed E-state index contributed by atoms with van der Waals surface area (Å²) >= 11 is 0. The zero-order valence-electron chi connectivity index (χ0n) is 16.7. The normalized spacial score (nSPS) is 15.4. The number of nitrogens with one attached hydrogen (secondary N) is 1. The number of ether oxygens (including phenoxy) is 1. The van der Waals surface area contributed by atoms with Crippen LogP contribution in [0.2, 0.25) is 0 Å². The molecular formula is C21H24N4O4S. The summed E-state index contributed by atoms with van der Waals surface area (Å²) in [6.45, 7) is 4.36. The first kappa shape index (κ1) is 20.5. The summed E-state index contributed by atoms with van der Waals surface area (Å²) < 4.78 is 31.0. The number of amides is 1. The minimum Gasteiger partial charge on any atom is -0.379 e. The Hall–Kier alpha value is -2.75. The van der Waals surface area contributed by atoms with Gasteiger partial charge in [0, 0.05) is 38.6 Å². The Kier molecular flexibility index (Phi) is 5.85. The van der Waals surface area contributed by atoms with E-state index < -0.39 is 15.7 Å². The van der Waals surface area contributed by atoms with Crippen LogP contribution >= 0.6 is 0 Å². The van der Waals surface area contributed by atoms with E-state index in [2.05, 4.69) is 21.3 Å². The molecule has 0 spiro atoms. The number of imidazole rings is 1. The van der Waals surface area contributed by atoms with Crippen molar-refractivity contribution in [3.63, 3.8) is 0 Å². The SMILES string of the molecule is CS(=O)(=O)c1nc(C(=O)NCc2ccccc2CN2CCOCC2)c2ccccn12. The van der Waals surface area contributed by atoms with E-state index in [9.17, 15) is 13.2 Å². The topological polar surface area (TPSA) is 93.0 Å². The van der Waals surface area contributed by atoms with Crippen molar-refractivity contribution in [3.8, 4) is 0 Å². The zero-order chi connectivity index (χ0) is 21.1. The molecule has 0 radical (unpaired) electrons. The van der Waals surface area contributed by atoms with Crippen molar-refractivity contribution in [3.05, 3.63) is 65.5 Å². The second-order valence-corrected chi connectivity index (χ2v) is 9.22. The average Bonchev–Trinajstić information content (AvgIpc) is 3.14. The quantitative estimate of drug-likeness (QED) is 0.640. The molecule has 1 N–H and O–H groups in total. The number of fused-ring (bicyclic) bond motifs is 1. The number of carbonyl (C=O) groups is 1. The zero-order valence-corrected chi connectivity index (χ0v) is 17.6. The van der Waals surface area contributed by atoms with Gasteiger partial charge in [-0.05, 0) is 23.3 Å². The maximum absolute atomic E-state index is 12.9. The minimum atomic E-state index is -3.58. The van der Waals surface area contributed by atoms with Gasteiger partial charge in [-0.15, -0.1) is 0 Å². The van der Waals surface area contributed by atoms with Crippen LogP contribution in [0.25, 0.3) is 5.52 Å². The lowest BCUT2D eigenvalue weighted by atomic mass is 10.1. The summed E-state index contributed by atoms with van der Waals surface area (Å²) in [7, 11) is -3.58. The summed E-state index contributed by atoms with van der Waals surface area (Å²) in [5.41, 5.74) is 2.72. The van der Waals surface area contributed by atoms with Crippen LogP contribution < -0.4 is 5.32 Å². The highest BCUT2D eigenvalue weighted by molar-refractivity contribution is 7.90. The lowest BCUT2D eigenvalue weighted by Crippen LogP contribution is -2.36. The molecule has 8 nitrogen and oxygen atoms in total. The Morgan fingerprint density at radius 1 is 1.10 bits per heavy atom. The molecule has 1 amide bonds. The van der Waals surface area contributed by atoms with Crippen LogP contribution in [0.4, 0.5) is 0 Å². The number of benzene rings is 1. The van der Waals surface area contributed by atoms with Gasteiger partial charge in [0.15, 0.2) is 5.69 Å². The lowest BCUT2D eigenvalue weighted by Gasteiger charge is -2.27. The molecule has 0 unspecified atom stereocenters. The number of nitrogens with zero attached hydrogens (tertiary/aromatic N) is 3. The van der Waals surface area contributed by atoms with E-state index in [1.807, 2.05) is 18.2 Å². The molecule has 0 atom stereocenters. The Bertz CT molecular complexity index is 1170. The van der Waals surface area contributed by atoms with Crippen LogP contribution in [-0.2, 0) is 27.7 Å². The molecule has 1 aliphatic heterocycles. The Labute approximate surface area is 175 Å². The van der Waals surface area contributed by atoms with Gasteiger partial charge in [-0.25, -0.2) is 13.4 Å². The van der Waals surface area contributed by atoms with Crippen molar-refractivity contribution in [1.82, 2.24) is 19.6 Å². The molecule has 1 fully saturated rings. The Balaban J connectivity index is 1.54. The summed E-state index contributed by atoms with van der Waals surface area (Å²) in [6.07, 6.45) is 2.67. The van der Waals surface area contributed by atoms with Crippen molar-refractivity contribution < 1.29 is 17.9 Å². The number of aromatic nitrogens is 2. The standard InChI is InChI=1S/C21H24N4O4S/c1-30(27,28)21-23-19(18-8-4-5-9-25(18)21)20(26)22-14-16-6-2-3-7-17(16)15-24-10-12-29-13-11-24/h2-9H,10-15H2,1H3,(H,22,26). The molecule has 3 aromatic rings. The van der Waals surface area contributed by atoms with Gasteiger partial charge in [0.05, 0.1) is 18.7 Å². The van der Waals surface area contributed by atoms with Crippen molar-refractivity contribution >= 4 is 21.3 Å². The van der Waals surface area contributed by atoms with Gasteiger partial charge in [-0.3, -0.25) is 14.1 Å². The Morgan fingerprint density at radius 2 is 1.80 bits per heavy atom. The molecule has 30 heavy (non-hydrogen) atoms. The number of hydrogen-bond acceptors (Lipinski definition) is 6. The third-order valence-electron chi connectivity index (χ3n) is 5.12. The van der Waals surface area contributed by atoms with E-state index in [0.29, 0.717) is 12.1 Å². The van der Waals surface area contributed by atoms with Crippen molar-refractivity contribution in [1.29, 1.82) is 0 Å². The van der Waals surface area contributed by atoms with Crippen LogP contribution in [-0.4, -0.2) is 61.2 Å². The van der Waals surface area contributed by atoms with E-state index in [1.54, 1.807) is 24.4 Å². The van der Waals surface area contributed by atoms with Crippen LogP contribution in [0.15, 0.2) is 53.8 Å². The van der Waals surface area contributed by atoms with E-state index in [-0.39, 0.29) is 10.9 Å². The fraction of sp³-hybridized carbons (Fsp3) is 0.333. The van der Waals surface area contributed by atoms with Gasteiger partial charge in [0.1, 0.15) is 0 Å². The molecule has 9 heteroatoms. The fourth-order valence-corrected chi connectivity index (χ4v) is 4.36. The highest BCUT2D eigenvalue weighted by atomic mass is 32.2. The summed E-state index contributed by atoms with van der Waals surface area (Å²) in [5, 5.41) is 2.75. The van der Waals surface area contributed by atoms with Gasteiger partial charge in [0.2, 0.25) is 15.0 Å². The lowest BCUT2D eigenvalue weighted by molar-refractivity contribution is 0.0340. The maximum Gasteiger partial charge on any atom is 0.272 e. The first-order chi connectivity index (χ1) is 14.4. The molecule has 0 aliphatic carbocycles. The molecule has 2 aromatic heterocycles. The van der Waals surface area contributed by atoms with Crippen molar-refractivity contribution in [2.75, 3.05) is 32.6 Å². The highest BCUT2D eigenvalue weighted by Gasteiger charge is 2.22. The highest BCUT2D eigenvalue weighted by Crippen LogP contribution is 2.18. The van der Waals surface area contributed by atoms with Crippen LogP contribution in [0, 0.1) is 0 Å². The summed E-state index contributed by atoms with van der Waals surface area (Å²) in [4.78, 5) is 19.3. The second kappa shape index (κ2) is 8.55. The number of hydrogen-bond donors (Lipinski definition) is 1.